The highest BCUT2D eigenvalue weighted by molar-refractivity contribution is 7.09. The van der Waals surface area contributed by atoms with Gasteiger partial charge in [-0.15, -0.1) is 11.3 Å². The molecule has 0 amide bonds. The van der Waals surface area contributed by atoms with Crippen molar-refractivity contribution >= 4 is 17.3 Å². The Morgan fingerprint density at radius 2 is 2.27 bits per heavy atom. The van der Waals surface area contributed by atoms with Gasteiger partial charge < -0.3 is 15.7 Å². The molecule has 22 heavy (non-hydrogen) atoms. The third-order valence-corrected chi connectivity index (χ3v) is 4.88. The maximum atomic E-state index is 9.89. The normalized spacial score (nSPS) is 22.3. The summed E-state index contributed by atoms with van der Waals surface area (Å²) in [5.74, 6) is 1.61. The lowest BCUT2D eigenvalue weighted by molar-refractivity contribution is 0.134. The lowest BCUT2D eigenvalue weighted by Crippen LogP contribution is -2.41. The van der Waals surface area contributed by atoms with Gasteiger partial charge >= 0.3 is 0 Å². The van der Waals surface area contributed by atoms with Gasteiger partial charge in [-0.25, -0.2) is 9.98 Å². The summed E-state index contributed by atoms with van der Waals surface area (Å²) >= 11 is 1.67. The van der Waals surface area contributed by atoms with Crippen molar-refractivity contribution in [1.82, 2.24) is 15.6 Å². The molecule has 1 aliphatic rings. The minimum absolute atomic E-state index is 0.164. The summed E-state index contributed by atoms with van der Waals surface area (Å²) in [6, 6.07) is 0. The predicted molar refractivity (Wildman–Crippen MR) is 92.4 cm³/mol. The van der Waals surface area contributed by atoms with E-state index in [1.807, 2.05) is 0 Å². The molecule has 0 spiro atoms. The highest BCUT2D eigenvalue weighted by Gasteiger charge is 2.24. The van der Waals surface area contributed by atoms with Crippen LogP contribution >= 0.6 is 11.3 Å². The first-order valence-electron chi connectivity index (χ1n) is 8.24. The van der Waals surface area contributed by atoms with Crippen LogP contribution in [0.4, 0.5) is 0 Å². The predicted octanol–water partition coefficient (Wildman–Crippen LogP) is 2.48. The molecule has 6 heteroatoms. The van der Waals surface area contributed by atoms with Gasteiger partial charge in [-0.3, -0.25) is 0 Å². The third-order valence-electron chi connectivity index (χ3n) is 4.03. The molecule has 1 aliphatic carbocycles. The van der Waals surface area contributed by atoms with Crippen LogP contribution in [-0.4, -0.2) is 35.2 Å². The van der Waals surface area contributed by atoms with Gasteiger partial charge in [0.25, 0.3) is 0 Å². The van der Waals surface area contributed by atoms with Crippen LogP contribution in [0.15, 0.2) is 10.4 Å². The van der Waals surface area contributed by atoms with Crippen LogP contribution in [0.5, 0.6) is 0 Å². The molecule has 0 aromatic carbocycles. The molecule has 2 unspecified atom stereocenters. The molecule has 0 aliphatic heterocycles. The van der Waals surface area contributed by atoms with E-state index in [4.69, 9.17) is 0 Å². The molecule has 1 heterocycles. The van der Waals surface area contributed by atoms with Crippen molar-refractivity contribution in [2.24, 2.45) is 10.9 Å². The Morgan fingerprint density at radius 1 is 1.45 bits per heavy atom. The van der Waals surface area contributed by atoms with E-state index in [0.717, 1.165) is 49.0 Å². The standard InChI is InChI=1S/C16H28N4OS/c1-4-17-16(18-8-12-6-5-7-14(12)21)19-9-15-20-13(10-22-15)11(2)3/h10-12,14,21H,4-9H2,1-3H3,(H2,17,18,19). The number of nitrogens with zero attached hydrogens (tertiary/aromatic N) is 2. The lowest BCUT2D eigenvalue weighted by atomic mass is 10.1. The quantitative estimate of drug-likeness (QED) is 0.555. The van der Waals surface area contributed by atoms with Crippen molar-refractivity contribution in [3.8, 4) is 0 Å². The van der Waals surface area contributed by atoms with Crippen LogP contribution in [0.2, 0.25) is 0 Å². The van der Waals surface area contributed by atoms with Gasteiger partial charge in [-0.2, -0.15) is 0 Å². The van der Waals surface area contributed by atoms with Gasteiger partial charge in [-0.1, -0.05) is 20.3 Å². The molecule has 2 atom stereocenters. The molecule has 0 radical (unpaired) electrons. The second-order valence-electron chi connectivity index (χ2n) is 6.16. The highest BCUT2D eigenvalue weighted by Crippen LogP contribution is 2.24. The van der Waals surface area contributed by atoms with Crippen molar-refractivity contribution in [3.63, 3.8) is 0 Å². The Bertz CT molecular complexity index is 486. The molecule has 1 saturated carbocycles. The fourth-order valence-electron chi connectivity index (χ4n) is 2.63. The summed E-state index contributed by atoms with van der Waals surface area (Å²) in [5, 5.41) is 19.6. The number of aromatic nitrogens is 1. The molecule has 0 bridgehead atoms. The topological polar surface area (TPSA) is 69.5 Å². The molecule has 1 aromatic rings. The summed E-state index contributed by atoms with van der Waals surface area (Å²) in [5.41, 5.74) is 1.14. The van der Waals surface area contributed by atoms with Gasteiger partial charge in [0.2, 0.25) is 0 Å². The van der Waals surface area contributed by atoms with E-state index in [2.05, 4.69) is 46.8 Å². The molecule has 5 nitrogen and oxygen atoms in total. The summed E-state index contributed by atoms with van der Waals surface area (Å²) < 4.78 is 0. The van der Waals surface area contributed by atoms with E-state index in [1.165, 1.54) is 0 Å². The number of hydrogen-bond acceptors (Lipinski definition) is 4. The van der Waals surface area contributed by atoms with E-state index >= 15 is 0 Å². The molecule has 1 aromatic heterocycles. The molecular formula is C16H28N4OS. The molecule has 3 N–H and O–H groups in total. The second-order valence-corrected chi connectivity index (χ2v) is 7.10. The van der Waals surface area contributed by atoms with Crippen molar-refractivity contribution in [2.45, 2.75) is 58.6 Å². The smallest absolute Gasteiger partial charge is 0.191 e. The Morgan fingerprint density at radius 3 is 2.86 bits per heavy atom. The minimum atomic E-state index is -0.164. The maximum absolute atomic E-state index is 9.89. The van der Waals surface area contributed by atoms with Gasteiger partial charge in [-0.05, 0) is 25.7 Å². The fourth-order valence-corrected chi connectivity index (χ4v) is 3.51. The van der Waals surface area contributed by atoms with Crippen molar-refractivity contribution in [2.75, 3.05) is 13.1 Å². The van der Waals surface area contributed by atoms with Crippen LogP contribution in [0.1, 0.15) is 56.7 Å². The summed E-state index contributed by atoms with van der Waals surface area (Å²) in [7, 11) is 0. The van der Waals surface area contributed by atoms with Gasteiger partial charge in [0.15, 0.2) is 5.96 Å². The van der Waals surface area contributed by atoms with Crippen LogP contribution in [0, 0.1) is 5.92 Å². The highest BCUT2D eigenvalue weighted by atomic mass is 32.1. The van der Waals surface area contributed by atoms with E-state index in [1.54, 1.807) is 11.3 Å². The van der Waals surface area contributed by atoms with Gasteiger partial charge in [0, 0.05) is 24.4 Å². The summed E-state index contributed by atoms with van der Waals surface area (Å²) in [6.07, 6.45) is 2.98. The minimum Gasteiger partial charge on any atom is -0.393 e. The summed E-state index contributed by atoms with van der Waals surface area (Å²) in [4.78, 5) is 9.21. The number of nitrogens with one attached hydrogen (secondary N) is 2. The Kier molecular flexibility index (Phi) is 6.64. The number of guanidine groups is 1. The number of aliphatic hydroxyl groups is 1. The largest absolute Gasteiger partial charge is 0.393 e. The molecule has 2 rings (SSSR count). The Balaban J connectivity index is 1.88. The first-order chi connectivity index (χ1) is 10.6. The van der Waals surface area contributed by atoms with Crippen LogP contribution in [-0.2, 0) is 6.54 Å². The zero-order valence-electron chi connectivity index (χ0n) is 13.8. The number of rotatable bonds is 6. The SMILES string of the molecule is CCNC(=NCc1nc(C(C)C)cs1)NCC1CCCC1O. The molecule has 0 saturated heterocycles. The van der Waals surface area contributed by atoms with Crippen molar-refractivity contribution in [3.05, 3.63) is 16.1 Å². The average Bonchev–Trinajstić information content (AvgIpc) is 3.11. The van der Waals surface area contributed by atoms with Crippen LogP contribution in [0.25, 0.3) is 0 Å². The van der Waals surface area contributed by atoms with E-state index in [-0.39, 0.29) is 6.10 Å². The maximum Gasteiger partial charge on any atom is 0.191 e. The number of aliphatic hydroxyl groups excluding tert-OH is 1. The van der Waals surface area contributed by atoms with Gasteiger partial charge in [0.1, 0.15) is 5.01 Å². The fraction of sp³-hybridized carbons (Fsp3) is 0.750. The Labute approximate surface area is 137 Å². The van der Waals surface area contributed by atoms with E-state index in [9.17, 15) is 5.11 Å². The molecule has 124 valence electrons. The lowest BCUT2D eigenvalue weighted by Gasteiger charge is -2.17. The number of thiazole rings is 1. The second kappa shape index (κ2) is 8.48. The van der Waals surface area contributed by atoms with Crippen molar-refractivity contribution < 1.29 is 5.11 Å². The van der Waals surface area contributed by atoms with Gasteiger partial charge in [0.05, 0.1) is 18.3 Å². The first-order valence-corrected chi connectivity index (χ1v) is 9.12. The average molecular weight is 324 g/mol. The number of hydrogen-bond donors (Lipinski definition) is 3. The number of aliphatic imine (C=N–C) groups is 1. The van der Waals surface area contributed by atoms with E-state index < -0.39 is 0 Å². The zero-order chi connectivity index (χ0) is 15.9. The van der Waals surface area contributed by atoms with Crippen molar-refractivity contribution in [1.29, 1.82) is 0 Å². The first kappa shape index (κ1) is 17.2. The van der Waals surface area contributed by atoms with Crippen LogP contribution < -0.4 is 10.6 Å². The summed E-state index contributed by atoms with van der Waals surface area (Å²) in [6.45, 7) is 8.57. The zero-order valence-corrected chi connectivity index (χ0v) is 14.6. The molecule has 1 fully saturated rings. The van der Waals surface area contributed by atoms with E-state index in [0.29, 0.717) is 18.4 Å². The Hall–Kier alpha value is -1.14. The third kappa shape index (κ3) is 4.95. The molecular weight excluding hydrogens is 296 g/mol. The van der Waals surface area contributed by atoms with Crippen LogP contribution in [0.3, 0.4) is 0 Å². The monoisotopic (exact) mass is 324 g/mol.